The van der Waals surface area contributed by atoms with E-state index < -0.39 is 0 Å². The van der Waals surface area contributed by atoms with Crippen LogP contribution in [0.15, 0.2) is 16.6 Å². The third-order valence-electron chi connectivity index (χ3n) is 2.81. The first-order valence-corrected chi connectivity index (χ1v) is 6.27. The first-order chi connectivity index (χ1) is 6.89. The Labute approximate surface area is 105 Å². The van der Waals surface area contributed by atoms with Crippen LogP contribution < -0.4 is 4.90 Å². The van der Waals surface area contributed by atoms with Gasteiger partial charge in [-0.1, -0.05) is 25.4 Å². The maximum atomic E-state index is 6.13. The molecule has 1 nitrogen and oxygen atoms in total. The van der Waals surface area contributed by atoms with E-state index in [1.165, 1.54) is 5.69 Å². The molecule has 1 aliphatic rings. The predicted molar refractivity (Wildman–Crippen MR) is 69.9 cm³/mol. The third kappa shape index (κ3) is 2.16. The molecule has 0 bridgehead atoms. The number of aryl methyl sites for hydroxylation is 1. The van der Waals surface area contributed by atoms with Crippen LogP contribution in [0.25, 0.3) is 0 Å². The van der Waals surface area contributed by atoms with E-state index in [1.807, 2.05) is 6.92 Å². The maximum Gasteiger partial charge on any atom is 0.0526 e. The molecule has 3 heteroatoms. The molecule has 0 atom stereocenters. The normalized spacial score (nSPS) is 18.9. The average molecular weight is 289 g/mol. The zero-order valence-electron chi connectivity index (χ0n) is 9.27. The van der Waals surface area contributed by atoms with Crippen molar-refractivity contribution in [3.05, 3.63) is 27.2 Å². The van der Waals surface area contributed by atoms with E-state index in [4.69, 9.17) is 11.6 Å². The van der Waals surface area contributed by atoms with Gasteiger partial charge in [0.25, 0.3) is 0 Å². The van der Waals surface area contributed by atoms with Gasteiger partial charge >= 0.3 is 0 Å². The van der Waals surface area contributed by atoms with Crippen molar-refractivity contribution < 1.29 is 0 Å². The Morgan fingerprint density at radius 2 is 1.93 bits per heavy atom. The molecule has 1 saturated heterocycles. The van der Waals surface area contributed by atoms with E-state index >= 15 is 0 Å². The van der Waals surface area contributed by atoms with E-state index in [-0.39, 0.29) is 0 Å². The second-order valence-corrected chi connectivity index (χ2v) is 6.33. The Kier molecular flexibility index (Phi) is 2.76. The lowest BCUT2D eigenvalue weighted by Crippen LogP contribution is -2.53. The van der Waals surface area contributed by atoms with Gasteiger partial charge in [-0.3, -0.25) is 0 Å². The first-order valence-electron chi connectivity index (χ1n) is 5.10. The van der Waals surface area contributed by atoms with Crippen molar-refractivity contribution in [1.29, 1.82) is 0 Å². The molecule has 0 amide bonds. The van der Waals surface area contributed by atoms with Crippen LogP contribution in [0.1, 0.15) is 19.4 Å². The van der Waals surface area contributed by atoms with Gasteiger partial charge in [0.15, 0.2) is 0 Å². The fourth-order valence-corrected chi connectivity index (χ4v) is 2.90. The van der Waals surface area contributed by atoms with Crippen molar-refractivity contribution in [2.45, 2.75) is 20.8 Å². The largest absolute Gasteiger partial charge is 0.369 e. The number of anilines is 1. The van der Waals surface area contributed by atoms with E-state index in [0.717, 1.165) is 28.1 Å². The van der Waals surface area contributed by atoms with Gasteiger partial charge < -0.3 is 4.90 Å². The maximum absolute atomic E-state index is 6.13. The highest BCUT2D eigenvalue weighted by molar-refractivity contribution is 9.10. The molecule has 1 aromatic rings. The standard InChI is InChI=1S/C12H15BrClN/c1-8-4-9(13)11(5-10(8)14)15-6-12(2,3)7-15/h4-5H,6-7H2,1-3H3. The van der Waals surface area contributed by atoms with Crippen LogP contribution in [0.5, 0.6) is 0 Å². The molecule has 1 heterocycles. The van der Waals surface area contributed by atoms with Gasteiger partial charge in [-0.15, -0.1) is 0 Å². The lowest BCUT2D eigenvalue weighted by molar-refractivity contribution is 0.276. The first kappa shape index (κ1) is 11.3. The topological polar surface area (TPSA) is 3.24 Å². The Bertz CT molecular complexity index is 393. The van der Waals surface area contributed by atoms with E-state index in [1.54, 1.807) is 0 Å². The zero-order chi connectivity index (χ0) is 11.2. The summed E-state index contributed by atoms with van der Waals surface area (Å²) in [5.74, 6) is 0. The molecule has 2 rings (SSSR count). The summed E-state index contributed by atoms with van der Waals surface area (Å²) in [7, 11) is 0. The molecular weight excluding hydrogens is 273 g/mol. The summed E-state index contributed by atoms with van der Waals surface area (Å²) >= 11 is 9.73. The second-order valence-electron chi connectivity index (χ2n) is 5.07. The summed E-state index contributed by atoms with van der Waals surface area (Å²) < 4.78 is 1.14. The van der Waals surface area contributed by atoms with Crippen molar-refractivity contribution in [1.82, 2.24) is 0 Å². The van der Waals surface area contributed by atoms with Crippen molar-refractivity contribution in [3.8, 4) is 0 Å². The fraction of sp³-hybridized carbons (Fsp3) is 0.500. The van der Waals surface area contributed by atoms with Gasteiger partial charge in [0.1, 0.15) is 0 Å². The van der Waals surface area contributed by atoms with Gasteiger partial charge in [-0.05, 0) is 46.0 Å². The van der Waals surface area contributed by atoms with Gasteiger partial charge in [0.05, 0.1) is 5.69 Å². The lowest BCUT2D eigenvalue weighted by Gasteiger charge is -2.47. The zero-order valence-corrected chi connectivity index (χ0v) is 11.6. The molecule has 0 aromatic heterocycles. The molecule has 0 unspecified atom stereocenters. The fourth-order valence-electron chi connectivity index (χ4n) is 2.04. The minimum atomic E-state index is 0.441. The van der Waals surface area contributed by atoms with Gasteiger partial charge in [-0.25, -0.2) is 0 Å². The Morgan fingerprint density at radius 3 is 2.47 bits per heavy atom. The van der Waals surface area contributed by atoms with Gasteiger partial charge in [0.2, 0.25) is 0 Å². The molecular formula is C12H15BrClN. The van der Waals surface area contributed by atoms with Crippen LogP contribution >= 0.6 is 27.5 Å². The quantitative estimate of drug-likeness (QED) is 0.746. The van der Waals surface area contributed by atoms with E-state index in [9.17, 15) is 0 Å². The van der Waals surface area contributed by atoms with Crippen LogP contribution in [0, 0.1) is 12.3 Å². The minimum Gasteiger partial charge on any atom is -0.369 e. The number of nitrogens with zero attached hydrogens (tertiary/aromatic N) is 1. The SMILES string of the molecule is Cc1cc(Br)c(N2CC(C)(C)C2)cc1Cl. The summed E-state index contributed by atoms with van der Waals surface area (Å²) in [5.41, 5.74) is 2.77. The number of hydrogen-bond acceptors (Lipinski definition) is 1. The molecule has 1 fully saturated rings. The molecule has 1 aliphatic heterocycles. The highest BCUT2D eigenvalue weighted by Crippen LogP contribution is 2.39. The number of halogens is 2. The highest BCUT2D eigenvalue weighted by Gasteiger charge is 2.35. The smallest absolute Gasteiger partial charge is 0.0526 e. The van der Waals surface area contributed by atoms with Crippen LogP contribution in [-0.2, 0) is 0 Å². The summed E-state index contributed by atoms with van der Waals surface area (Å²) in [6, 6.07) is 4.14. The molecule has 1 aromatic carbocycles. The summed E-state index contributed by atoms with van der Waals surface area (Å²) in [6.45, 7) is 8.80. The van der Waals surface area contributed by atoms with Crippen molar-refractivity contribution in [2.75, 3.05) is 18.0 Å². The molecule has 0 radical (unpaired) electrons. The van der Waals surface area contributed by atoms with Crippen LogP contribution in [0.4, 0.5) is 5.69 Å². The Balaban J connectivity index is 2.27. The molecule has 0 saturated carbocycles. The van der Waals surface area contributed by atoms with Crippen LogP contribution in [0.2, 0.25) is 5.02 Å². The van der Waals surface area contributed by atoms with Gasteiger partial charge in [-0.2, -0.15) is 0 Å². The second kappa shape index (κ2) is 3.67. The lowest BCUT2D eigenvalue weighted by atomic mass is 9.84. The van der Waals surface area contributed by atoms with E-state index in [2.05, 4.69) is 46.8 Å². The predicted octanol–water partition coefficient (Wildman–Crippen LogP) is 4.26. The Morgan fingerprint density at radius 1 is 1.33 bits per heavy atom. The van der Waals surface area contributed by atoms with Crippen molar-refractivity contribution in [3.63, 3.8) is 0 Å². The average Bonchev–Trinajstić information content (AvgIpc) is 2.07. The van der Waals surface area contributed by atoms with Crippen molar-refractivity contribution in [2.24, 2.45) is 5.41 Å². The monoisotopic (exact) mass is 287 g/mol. The minimum absolute atomic E-state index is 0.441. The molecule has 15 heavy (non-hydrogen) atoms. The van der Waals surface area contributed by atoms with Crippen LogP contribution in [-0.4, -0.2) is 13.1 Å². The Hall–Kier alpha value is -0.210. The molecule has 82 valence electrons. The molecule has 0 N–H and O–H groups in total. The van der Waals surface area contributed by atoms with Crippen molar-refractivity contribution >= 4 is 33.2 Å². The number of rotatable bonds is 1. The van der Waals surface area contributed by atoms with E-state index in [0.29, 0.717) is 5.41 Å². The number of benzene rings is 1. The highest BCUT2D eigenvalue weighted by atomic mass is 79.9. The summed E-state index contributed by atoms with van der Waals surface area (Å²) in [4.78, 5) is 2.36. The molecule has 0 aliphatic carbocycles. The summed E-state index contributed by atoms with van der Waals surface area (Å²) in [6.07, 6.45) is 0. The third-order valence-corrected chi connectivity index (χ3v) is 3.85. The number of hydrogen-bond donors (Lipinski definition) is 0. The molecule has 0 spiro atoms. The van der Waals surface area contributed by atoms with Crippen LogP contribution in [0.3, 0.4) is 0 Å². The summed E-state index contributed by atoms with van der Waals surface area (Å²) in [5, 5.41) is 0.845. The van der Waals surface area contributed by atoms with Gasteiger partial charge in [0, 0.05) is 22.6 Å².